The molecule has 1 fully saturated rings. The van der Waals surface area contributed by atoms with E-state index >= 15 is 0 Å². The van der Waals surface area contributed by atoms with Crippen LogP contribution in [-0.4, -0.2) is 28.3 Å². The van der Waals surface area contributed by atoms with Gasteiger partial charge in [-0.25, -0.2) is 4.79 Å². The molecule has 3 aromatic carbocycles. The van der Waals surface area contributed by atoms with Crippen LogP contribution in [0.4, 0.5) is 31.1 Å². The third kappa shape index (κ3) is 8.43. The van der Waals surface area contributed by atoms with E-state index in [1.165, 1.54) is 0 Å². The molecule has 45 heavy (non-hydrogen) atoms. The lowest BCUT2D eigenvalue weighted by Crippen LogP contribution is -2.49. The molecule has 1 aliphatic heterocycles. The number of nitrogens with zero attached hydrogens (tertiary/aromatic N) is 1. The summed E-state index contributed by atoms with van der Waals surface area (Å²) in [5.41, 5.74) is -1.97. The molecule has 0 N–H and O–H groups in total. The van der Waals surface area contributed by atoms with Crippen LogP contribution >= 0.6 is 0 Å². The van der Waals surface area contributed by atoms with Crippen LogP contribution in [-0.2, 0) is 38.0 Å². The first kappa shape index (κ1) is 33.5. The molecule has 0 unspecified atom stereocenters. The number of carbonyl (C=O) groups is 3. The minimum Gasteiger partial charge on any atom is -0.460 e. The molecule has 0 radical (unpaired) electrons. The van der Waals surface area contributed by atoms with Gasteiger partial charge in [-0.05, 0) is 61.7 Å². The molecule has 4 rings (SSSR count). The van der Waals surface area contributed by atoms with Crippen molar-refractivity contribution in [3.05, 3.63) is 107 Å². The number of ketones is 1. The fourth-order valence-corrected chi connectivity index (χ4v) is 5.26. The van der Waals surface area contributed by atoms with E-state index in [-0.39, 0.29) is 17.7 Å². The van der Waals surface area contributed by atoms with Crippen molar-refractivity contribution >= 4 is 17.8 Å². The molecular formula is C33H31F6NO5. The summed E-state index contributed by atoms with van der Waals surface area (Å²) in [4.78, 5) is 41.7. The fourth-order valence-electron chi connectivity index (χ4n) is 5.26. The first-order valence-corrected chi connectivity index (χ1v) is 14.0. The number of hydrogen-bond acceptors (Lipinski definition) is 5. The Balaban J connectivity index is 1.82. The first-order valence-electron chi connectivity index (χ1n) is 14.0. The maximum Gasteiger partial charge on any atom is 0.416 e. The summed E-state index contributed by atoms with van der Waals surface area (Å²) in [7, 11) is 0. The molecule has 1 saturated heterocycles. The summed E-state index contributed by atoms with van der Waals surface area (Å²) in [5, 5.41) is 0. The Morgan fingerprint density at radius 3 is 1.78 bits per heavy atom. The van der Waals surface area contributed by atoms with Crippen molar-refractivity contribution < 1.29 is 50.2 Å². The van der Waals surface area contributed by atoms with Crippen LogP contribution < -0.4 is 0 Å². The van der Waals surface area contributed by atoms with E-state index in [1.54, 1.807) is 51.1 Å². The van der Waals surface area contributed by atoms with Crippen LogP contribution in [0.2, 0.25) is 0 Å². The quantitative estimate of drug-likeness (QED) is 0.201. The Morgan fingerprint density at radius 2 is 1.29 bits per heavy atom. The molecule has 12 heteroatoms. The van der Waals surface area contributed by atoms with Gasteiger partial charge in [0, 0.05) is 6.42 Å². The molecule has 3 aromatic rings. The van der Waals surface area contributed by atoms with E-state index in [1.807, 2.05) is 0 Å². The van der Waals surface area contributed by atoms with Crippen LogP contribution in [0.5, 0.6) is 0 Å². The summed E-state index contributed by atoms with van der Waals surface area (Å²) in [6, 6.07) is 13.8. The number of Topliss-reactive ketones (excluding diaryl/α,β-unsaturated/α-hetero) is 1. The number of esters is 1. The van der Waals surface area contributed by atoms with Gasteiger partial charge < -0.3 is 9.47 Å². The maximum absolute atomic E-state index is 13.9. The van der Waals surface area contributed by atoms with Crippen LogP contribution in [0, 0.1) is 5.92 Å². The zero-order valence-electron chi connectivity index (χ0n) is 24.6. The van der Waals surface area contributed by atoms with Gasteiger partial charge in [-0.15, -0.1) is 0 Å². The molecule has 0 bridgehead atoms. The molecule has 240 valence electrons. The van der Waals surface area contributed by atoms with Gasteiger partial charge in [-0.2, -0.15) is 26.3 Å². The molecule has 0 spiro atoms. The Morgan fingerprint density at radius 1 is 0.778 bits per heavy atom. The van der Waals surface area contributed by atoms with Gasteiger partial charge in [0.05, 0.1) is 35.5 Å². The minimum absolute atomic E-state index is 0.0955. The molecule has 6 nitrogen and oxygen atoms in total. The minimum atomic E-state index is -4.67. The highest BCUT2D eigenvalue weighted by Gasteiger charge is 2.48. The molecule has 1 heterocycles. The maximum atomic E-state index is 13.9. The Bertz CT molecular complexity index is 1500. The SMILES string of the molecule is CC(C)(C)OC(=O)C[C@H]1C(=O)C[C@@H](c2ccc(C(F)(F)F)cc2)N(C(=O)OCc2ccccc2)[C@@H]1c1ccc(C(F)(F)F)cc1. The second kappa shape index (κ2) is 12.9. The zero-order valence-corrected chi connectivity index (χ0v) is 24.6. The molecule has 3 atom stereocenters. The van der Waals surface area contributed by atoms with Gasteiger partial charge in [0.1, 0.15) is 18.0 Å². The van der Waals surface area contributed by atoms with E-state index in [4.69, 9.17) is 9.47 Å². The van der Waals surface area contributed by atoms with Crippen molar-refractivity contribution in [3.8, 4) is 0 Å². The third-order valence-corrected chi connectivity index (χ3v) is 7.25. The fraction of sp³-hybridized carbons (Fsp3) is 0.364. The normalized spacial score (nSPS) is 19.3. The highest BCUT2D eigenvalue weighted by atomic mass is 19.4. The van der Waals surface area contributed by atoms with Gasteiger partial charge >= 0.3 is 24.4 Å². The molecule has 0 aromatic heterocycles. The first-order chi connectivity index (χ1) is 20.9. The van der Waals surface area contributed by atoms with Gasteiger partial charge in [-0.3, -0.25) is 14.5 Å². The standard InChI is InChI=1S/C33H31F6NO5/c1-31(2,3)45-28(42)17-25-27(41)18-26(21-9-13-23(14-10-21)32(34,35)36)40(30(43)44-19-20-7-5-4-6-8-20)29(25)22-11-15-24(16-12-22)33(37,38)39/h4-16,25-26,29H,17-19H2,1-3H3/t25-,26-,29+/m0/s1. The summed E-state index contributed by atoms with van der Waals surface area (Å²) >= 11 is 0. The summed E-state index contributed by atoms with van der Waals surface area (Å²) in [5.74, 6) is -2.56. The van der Waals surface area contributed by atoms with E-state index in [0.717, 1.165) is 53.4 Å². The molecule has 1 amide bonds. The molecule has 1 aliphatic rings. The van der Waals surface area contributed by atoms with Crippen LogP contribution in [0.1, 0.15) is 73.5 Å². The molecule has 0 aliphatic carbocycles. The van der Waals surface area contributed by atoms with E-state index < -0.39 is 77.8 Å². The molecule has 0 saturated carbocycles. The highest BCUT2D eigenvalue weighted by molar-refractivity contribution is 5.89. The Hall–Kier alpha value is -4.35. The largest absolute Gasteiger partial charge is 0.460 e. The lowest BCUT2D eigenvalue weighted by Gasteiger charge is -2.45. The number of alkyl halides is 6. The van der Waals surface area contributed by atoms with Gasteiger partial charge in [-0.1, -0.05) is 54.6 Å². The smallest absolute Gasteiger partial charge is 0.416 e. The lowest BCUT2D eigenvalue weighted by molar-refractivity contribution is -0.159. The van der Waals surface area contributed by atoms with Gasteiger partial charge in [0.2, 0.25) is 0 Å². The number of benzene rings is 3. The Kier molecular flexibility index (Phi) is 9.65. The number of amides is 1. The van der Waals surface area contributed by atoms with E-state index in [2.05, 4.69) is 0 Å². The average Bonchev–Trinajstić information content (AvgIpc) is 2.95. The van der Waals surface area contributed by atoms with Crippen molar-refractivity contribution in [1.82, 2.24) is 4.90 Å². The number of piperidine rings is 1. The summed E-state index contributed by atoms with van der Waals surface area (Å²) < 4.78 is 91.2. The van der Waals surface area contributed by atoms with Crippen LogP contribution in [0.15, 0.2) is 78.9 Å². The lowest BCUT2D eigenvalue weighted by atomic mass is 9.77. The summed E-state index contributed by atoms with van der Waals surface area (Å²) in [6.45, 7) is 4.65. The van der Waals surface area contributed by atoms with Crippen molar-refractivity contribution in [3.63, 3.8) is 0 Å². The van der Waals surface area contributed by atoms with Crippen molar-refractivity contribution in [2.75, 3.05) is 0 Å². The molecular weight excluding hydrogens is 604 g/mol. The number of hydrogen-bond donors (Lipinski definition) is 0. The van der Waals surface area contributed by atoms with Crippen molar-refractivity contribution in [2.45, 2.75) is 70.3 Å². The Labute approximate surface area is 255 Å². The predicted octanol–water partition coefficient (Wildman–Crippen LogP) is 8.47. The number of rotatable bonds is 6. The van der Waals surface area contributed by atoms with E-state index in [0.29, 0.717) is 5.56 Å². The van der Waals surface area contributed by atoms with Crippen molar-refractivity contribution in [2.24, 2.45) is 5.92 Å². The highest BCUT2D eigenvalue weighted by Crippen LogP contribution is 2.46. The van der Waals surface area contributed by atoms with Crippen LogP contribution in [0.3, 0.4) is 0 Å². The van der Waals surface area contributed by atoms with Gasteiger partial charge in [0.25, 0.3) is 0 Å². The second-order valence-electron chi connectivity index (χ2n) is 11.7. The number of carbonyl (C=O) groups excluding carboxylic acids is 3. The summed E-state index contributed by atoms with van der Waals surface area (Å²) in [6.07, 6.45) is -11.2. The van der Waals surface area contributed by atoms with Crippen molar-refractivity contribution in [1.29, 1.82) is 0 Å². The average molecular weight is 636 g/mol. The number of ether oxygens (including phenoxy) is 2. The third-order valence-electron chi connectivity index (χ3n) is 7.25. The van der Waals surface area contributed by atoms with E-state index in [9.17, 15) is 40.7 Å². The van der Waals surface area contributed by atoms with Crippen LogP contribution in [0.25, 0.3) is 0 Å². The zero-order chi connectivity index (χ0) is 33.2. The van der Waals surface area contributed by atoms with Gasteiger partial charge in [0.15, 0.2) is 0 Å². The second-order valence-corrected chi connectivity index (χ2v) is 11.7. The predicted molar refractivity (Wildman–Crippen MR) is 150 cm³/mol. The number of halogens is 6. The topological polar surface area (TPSA) is 72.9 Å². The monoisotopic (exact) mass is 635 g/mol. The number of likely N-dealkylation sites (tertiary alicyclic amines) is 1.